The highest BCUT2D eigenvalue weighted by molar-refractivity contribution is 6.06. The number of carboxylic acid groups (broad SMARTS) is 1. The molecule has 3 N–H and O–H groups in total. The number of rotatable bonds is 10. The second-order valence-electron chi connectivity index (χ2n) is 6.35. The van der Waals surface area contributed by atoms with Crippen molar-refractivity contribution in [3.05, 3.63) is 63.3 Å². The topological polar surface area (TPSA) is 166 Å². The van der Waals surface area contributed by atoms with Gasteiger partial charge in [0, 0.05) is 17.7 Å². The molecule has 174 valence electrons. The molecular formula is C21H21N3O9. The third-order valence-electron chi connectivity index (χ3n) is 4.21. The van der Waals surface area contributed by atoms with E-state index in [0.29, 0.717) is 0 Å². The van der Waals surface area contributed by atoms with E-state index in [4.69, 9.17) is 19.3 Å². The Morgan fingerprint density at radius 2 is 1.70 bits per heavy atom. The van der Waals surface area contributed by atoms with Crippen molar-refractivity contribution in [2.75, 3.05) is 27.9 Å². The predicted octanol–water partition coefficient (Wildman–Crippen LogP) is 1.59. The number of non-ortho nitro benzene ring substituents is 1. The second kappa shape index (κ2) is 11.1. The normalized spacial score (nSPS) is 10.7. The molecule has 0 aliphatic rings. The quantitative estimate of drug-likeness (QED) is 0.272. The molecule has 0 aromatic heterocycles. The molecule has 33 heavy (non-hydrogen) atoms. The Morgan fingerprint density at radius 3 is 2.21 bits per heavy atom. The molecule has 0 aliphatic heterocycles. The summed E-state index contributed by atoms with van der Waals surface area (Å²) >= 11 is 0. The molecule has 0 saturated heterocycles. The Labute approximate surface area is 187 Å². The van der Waals surface area contributed by atoms with Crippen molar-refractivity contribution in [3.8, 4) is 17.2 Å². The first-order valence-electron chi connectivity index (χ1n) is 9.27. The van der Waals surface area contributed by atoms with Gasteiger partial charge in [-0.2, -0.15) is 0 Å². The fourth-order valence-corrected chi connectivity index (χ4v) is 2.71. The van der Waals surface area contributed by atoms with E-state index in [-0.39, 0.29) is 39.8 Å². The highest BCUT2D eigenvalue weighted by Crippen LogP contribution is 2.38. The molecule has 0 spiro atoms. The average molecular weight is 459 g/mol. The van der Waals surface area contributed by atoms with Gasteiger partial charge in [-0.1, -0.05) is 12.1 Å². The number of amides is 2. The number of ether oxygens (including phenoxy) is 3. The lowest BCUT2D eigenvalue weighted by molar-refractivity contribution is -0.384. The van der Waals surface area contributed by atoms with Crippen LogP contribution in [0.2, 0.25) is 0 Å². The van der Waals surface area contributed by atoms with E-state index < -0.39 is 29.3 Å². The fourth-order valence-electron chi connectivity index (χ4n) is 2.71. The molecule has 0 heterocycles. The molecule has 0 unspecified atom stereocenters. The van der Waals surface area contributed by atoms with Gasteiger partial charge in [0.25, 0.3) is 17.5 Å². The molecule has 0 bridgehead atoms. The molecule has 2 amide bonds. The zero-order valence-electron chi connectivity index (χ0n) is 17.9. The average Bonchev–Trinajstić information content (AvgIpc) is 2.80. The Kier molecular flexibility index (Phi) is 8.32. The van der Waals surface area contributed by atoms with E-state index in [2.05, 4.69) is 10.6 Å². The molecular weight excluding hydrogens is 438 g/mol. The van der Waals surface area contributed by atoms with Crippen molar-refractivity contribution in [3.63, 3.8) is 0 Å². The summed E-state index contributed by atoms with van der Waals surface area (Å²) in [7, 11) is 4.13. The first-order chi connectivity index (χ1) is 15.7. The van der Waals surface area contributed by atoms with Gasteiger partial charge < -0.3 is 30.0 Å². The Bertz CT molecular complexity index is 1090. The highest BCUT2D eigenvalue weighted by Gasteiger charge is 2.20. The molecule has 0 saturated carbocycles. The van der Waals surface area contributed by atoms with Crippen LogP contribution >= 0.6 is 0 Å². The summed E-state index contributed by atoms with van der Waals surface area (Å²) in [6.07, 6.45) is 1.18. The van der Waals surface area contributed by atoms with E-state index in [1.165, 1.54) is 63.8 Å². The monoisotopic (exact) mass is 459 g/mol. The molecule has 0 aliphatic carbocycles. The number of carboxylic acids is 1. The number of nitrogens with one attached hydrogen (secondary N) is 2. The third-order valence-corrected chi connectivity index (χ3v) is 4.21. The largest absolute Gasteiger partial charge is 0.493 e. The maximum absolute atomic E-state index is 12.9. The van der Waals surface area contributed by atoms with Crippen LogP contribution in [0.3, 0.4) is 0 Å². The third kappa shape index (κ3) is 6.43. The summed E-state index contributed by atoms with van der Waals surface area (Å²) in [5.74, 6) is -2.32. The first kappa shape index (κ1) is 24.7. The van der Waals surface area contributed by atoms with Crippen LogP contribution in [0.25, 0.3) is 6.08 Å². The van der Waals surface area contributed by atoms with Gasteiger partial charge in [-0.15, -0.1) is 0 Å². The Hall–Kier alpha value is -4.61. The molecule has 12 nitrogen and oxygen atoms in total. The lowest BCUT2D eigenvalue weighted by Gasteiger charge is -2.15. The van der Waals surface area contributed by atoms with Crippen LogP contribution in [0, 0.1) is 10.1 Å². The number of benzene rings is 2. The van der Waals surface area contributed by atoms with Crippen molar-refractivity contribution in [2.45, 2.75) is 0 Å². The van der Waals surface area contributed by atoms with E-state index in [1.54, 1.807) is 0 Å². The van der Waals surface area contributed by atoms with Crippen molar-refractivity contribution in [1.82, 2.24) is 10.6 Å². The molecule has 2 aromatic carbocycles. The Balaban J connectivity index is 2.45. The number of nitro groups is 1. The number of hydrogen-bond donors (Lipinski definition) is 3. The van der Waals surface area contributed by atoms with Crippen molar-refractivity contribution >= 4 is 29.5 Å². The maximum atomic E-state index is 12.9. The van der Waals surface area contributed by atoms with Crippen LogP contribution < -0.4 is 24.8 Å². The molecule has 12 heteroatoms. The summed E-state index contributed by atoms with van der Waals surface area (Å²) in [5, 5.41) is 24.4. The number of carbonyl (C=O) groups is 3. The molecule has 2 aromatic rings. The van der Waals surface area contributed by atoms with Crippen LogP contribution in [0.15, 0.2) is 42.1 Å². The predicted molar refractivity (Wildman–Crippen MR) is 115 cm³/mol. The summed E-state index contributed by atoms with van der Waals surface area (Å²) in [5.41, 5.74) is -0.296. The van der Waals surface area contributed by atoms with Crippen LogP contribution in [0.5, 0.6) is 17.2 Å². The van der Waals surface area contributed by atoms with Gasteiger partial charge in [-0.25, -0.2) is 0 Å². The minimum Gasteiger partial charge on any atom is -0.493 e. The van der Waals surface area contributed by atoms with Crippen molar-refractivity contribution < 1.29 is 38.6 Å². The first-order valence-corrected chi connectivity index (χ1v) is 9.27. The van der Waals surface area contributed by atoms with Crippen molar-refractivity contribution in [2.24, 2.45) is 0 Å². The van der Waals surface area contributed by atoms with E-state index in [1.807, 2.05) is 0 Å². The number of aliphatic carboxylic acids is 1. The van der Waals surface area contributed by atoms with Gasteiger partial charge in [0.15, 0.2) is 11.5 Å². The van der Waals surface area contributed by atoms with Gasteiger partial charge in [0.05, 0.1) is 26.3 Å². The van der Waals surface area contributed by atoms with Gasteiger partial charge in [-0.05, 0) is 23.8 Å². The number of nitro benzene ring substituents is 1. The zero-order valence-corrected chi connectivity index (χ0v) is 17.9. The molecule has 0 radical (unpaired) electrons. The SMILES string of the molecule is COc1cc(C(=O)N/C(=C/c2cccc([N+](=O)[O-])c2)C(=O)NCC(=O)O)cc(OC)c1OC. The van der Waals surface area contributed by atoms with Crippen LogP contribution in [-0.4, -0.2) is 55.7 Å². The number of nitrogens with zero attached hydrogens (tertiary/aromatic N) is 1. The maximum Gasteiger partial charge on any atom is 0.322 e. The minimum absolute atomic E-state index is 0.0421. The summed E-state index contributed by atoms with van der Waals surface area (Å²) in [6, 6.07) is 8.04. The number of hydrogen-bond acceptors (Lipinski definition) is 8. The standard InChI is InChI=1S/C21H21N3O9/c1-31-16-9-13(10-17(32-2)19(16)33-3)20(27)23-15(21(28)22-11-18(25)26)8-12-5-4-6-14(7-12)24(29)30/h4-10H,11H2,1-3H3,(H,22,28)(H,23,27)(H,25,26)/b15-8+. The number of carbonyl (C=O) groups excluding carboxylic acids is 2. The van der Waals surface area contributed by atoms with Crippen molar-refractivity contribution in [1.29, 1.82) is 0 Å². The van der Waals surface area contributed by atoms with Gasteiger partial charge >= 0.3 is 5.97 Å². The summed E-state index contributed by atoms with van der Waals surface area (Å²) in [4.78, 5) is 46.6. The lowest BCUT2D eigenvalue weighted by Crippen LogP contribution is -2.37. The van der Waals surface area contributed by atoms with Crippen LogP contribution in [0.1, 0.15) is 15.9 Å². The molecule has 0 fully saturated rings. The smallest absolute Gasteiger partial charge is 0.322 e. The van der Waals surface area contributed by atoms with E-state index >= 15 is 0 Å². The zero-order chi connectivity index (χ0) is 24.5. The van der Waals surface area contributed by atoms with E-state index in [9.17, 15) is 24.5 Å². The summed E-state index contributed by atoms with van der Waals surface area (Å²) in [6.45, 7) is -0.703. The lowest BCUT2D eigenvalue weighted by atomic mass is 10.1. The Morgan fingerprint density at radius 1 is 1.06 bits per heavy atom. The molecule has 0 atom stereocenters. The fraction of sp³-hybridized carbons (Fsp3) is 0.190. The minimum atomic E-state index is -1.30. The van der Waals surface area contributed by atoms with Gasteiger partial charge in [0.2, 0.25) is 5.75 Å². The molecule has 2 rings (SSSR count). The number of methoxy groups -OCH3 is 3. The van der Waals surface area contributed by atoms with Gasteiger partial charge in [0.1, 0.15) is 12.2 Å². The summed E-state index contributed by atoms with van der Waals surface area (Å²) < 4.78 is 15.6. The highest BCUT2D eigenvalue weighted by atomic mass is 16.6. The van der Waals surface area contributed by atoms with Crippen LogP contribution in [0.4, 0.5) is 5.69 Å². The van der Waals surface area contributed by atoms with Crippen LogP contribution in [-0.2, 0) is 9.59 Å². The van der Waals surface area contributed by atoms with Gasteiger partial charge in [-0.3, -0.25) is 24.5 Å². The second-order valence-corrected chi connectivity index (χ2v) is 6.35. The van der Waals surface area contributed by atoms with E-state index in [0.717, 1.165) is 0 Å².